The molecule has 0 aliphatic heterocycles. The molecule has 3 aromatic rings. The first-order valence-corrected chi connectivity index (χ1v) is 10.2. The van der Waals surface area contributed by atoms with E-state index in [1.807, 2.05) is 18.2 Å². The molecule has 3 aromatic carbocycles. The normalized spacial score (nSPS) is 10.6. The molecule has 33 heavy (non-hydrogen) atoms. The lowest BCUT2D eigenvalue weighted by molar-refractivity contribution is -0.126. The summed E-state index contributed by atoms with van der Waals surface area (Å²) in [5.74, 6) is -0.558. The maximum absolute atomic E-state index is 12.9. The summed E-state index contributed by atoms with van der Waals surface area (Å²) in [7, 11) is 1.51. The third-order valence-electron chi connectivity index (χ3n) is 4.38. The van der Waals surface area contributed by atoms with Gasteiger partial charge in [0, 0.05) is 16.3 Å². The van der Waals surface area contributed by atoms with Crippen LogP contribution in [0.25, 0.3) is 0 Å². The van der Waals surface area contributed by atoms with E-state index in [2.05, 4.69) is 15.8 Å². The topological polar surface area (TPSA) is 89.0 Å². The zero-order valence-corrected chi connectivity index (χ0v) is 18.4. The second kappa shape index (κ2) is 11.6. The Bertz CT molecular complexity index is 1150. The molecule has 0 spiro atoms. The highest BCUT2D eigenvalue weighted by atomic mass is 35.5. The maximum Gasteiger partial charge on any atom is 0.249 e. The average Bonchev–Trinajstić information content (AvgIpc) is 2.80. The summed E-state index contributed by atoms with van der Waals surface area (Å²) in [4.78, 5) is 23.8. The molecule has 0 saturated heterocycles. The third kappa shape index (κ3) is 7.33. The molecule has 0 saturated carbocycles. The Labute approximate surface area is 195 Å². The maximum atomic E-state index is 12.9. The number of amides is 2. The summed E-state index contributed by atoms with van der Waals surface area (Å²) in [6, 6.07) is 17.8. The molecule has 0 unspecified atom stereocenters. The molecule has 0 aromatic heterocycles. The van der Waals surface area contributed by atoms with Gasteiger partial charge in [-0.1, -0.05) is 29.8 Å². The molecule has 0 atom stereocenters. The summed E-state index contributed by atoms with van der Waals surface area (Å²) >= 11 is 6.15. The zero-order valence-electron chi connectivity index (χ0n) is 17.7. The van der Waals surface area contributed by atoms with Gasteiger partial charge < -0.3 is 14.8 Å². The predicted molar refractivity (Wildman–Crippen MR) is 124 cm³/mol. The number of hydrogen-bond donors (Lipinski definition) is 2. The minimum atomic E-state index is -0.600. The number of anilines is 1. The molecule has 2 N–H and O–H groups in total. The van der Waals surface area contributed by atoms with Crippen LogP contribution in [0.15, 0.2) is 71.8 Å². The van der Waals surface area contributed by atoms with Crippen LogP contribution in [0.5, 0.6) is 11.5 Å². The number of hydrogen-bond acceptors (Lipinski definition) is 5. The van der Waals surface area contributed by atoms with Crippen LogP contribution >= 0.6 is 11.6 Å². The average molecular weight is 470 g/mol. The number of methoxy groups -OCH3 is 1. The van der Waals surface area contributed by atoms with Crippen molar-refractivity contribution in [2.24, 2.45) is 5.10 Å². The smallest absolute Gasteiger partial charge is 0.249 e. The fourth-order valence-electron chi connectivity index (χ4n) is 2.76. The first kappa shape index (κ1) is 23.7. The highest BCUT2D eigenvalue weighted by Crippen LogP contribution is 2.29. The molecule has 3 rings (SSSR count). The molecule has 0 heterocycles. The van der Waals surface area contributed by atoms with Crippen molar-refractivity contribution in [3.05, 3.63) is 88.7 Å². The zero-order chi connectivity index (χ0) is 23.6. The number of ether oxygens (including phenoxy) is 2. The van der Waals surface area contributed by atoms with Gasteiger partial charge in [0.1, 0.15) is 18.8 Å². The SMILES string of the molecule is COc1cc(C=NNC(=O)CC(=O)Nc2ccc(F)cc2)ccc1OCc1ccccc1Cl. The molecule has 170 valence electrons. The summed E-state index contributed by atoms with van der Waals surface area (Å²) in [5.41, 5.74) is 4.17. The minimum Gasteiger partial charge on any atom is -0.493 e. The Morgan fingerprint density at radius 3 is 2.52 bits per heavy atom. The summed E-state index contributed by atoms with van der Waals surface area (Å²) < 4.78 is 24.1. The number of rotatable bonds is 9. The van der Waals surface area contributed by atoms with Gasteiger partial charge in [0.25, 0.3) is 0 Å². The second-order valence-corrected chi connectivity index (χ2v) is 7.22. The molecule has 0 bridgehead atoms. The second-order valence-electron chi connectivity index (χ2n) is 6.82. The Morgan fingerprint density at radius 2 is 1.79 bits per heavy atom. The van der Waals surface area contributed by atoms with Gasteiger partial charge in [-0.05, 0) is 54.1 Å². The van der Waals surface area contributed by atoms with Crippen molar-refractivity contribution in [2.45, 2.75) is 13.0 Å². The number of nitrogens with one attached hydrogen (secondary N) is 2. The van der Waals surface area contributed by atoms with Crippen LogP contribution in [0.2, 0.25) is 5.02 Å². The lowest BCUT2D eigenvalue weighted by Gasteiger charge is -2.12. The third-order valence-corrected chi connectivity index (χ3v) is 4.75. The van der Waals surface area contributed by atoms with E-state index >= 15 is 0 Å². The van der Waals surface area contributed by atoms with Crippen LogP contribution < -0.4 is 20.2 Å². The van der Waals surface area contributed by atoms with Crippen LogP contribution in [0.1, 0.15) is 17.5 Å². The quantitative estimate of drug-likeness (QED) is 0.273. The molecule has 0 fully saturated rings. The monoisotopic (exact) mass is 469 g/mol. The van der Waals surface area contributed by atoms with E-state index in [0.717, 1.165) is 5.56 Å². The number of benzene rings is 3. The standard InChI is InChI=1S/C24H21ClFN3O4/c1-32-22-12-16(6-11-21(22)33-15-17-4-2-3-5-20(17)25)14-27-29-24(31)13-23(30)28-19-9-7-18(26)8-10-19/h2-12,14H,13,15H2,1H3,(H,28,30)(H,29,31). The highest BCUT2D eigenvalue weighted by Gasteiger charge is 2.10. The van der Waals surface area contributed by atoms with Crippen molar-refractivity contribution >= 4 is 35.3 Å². The van der Waals surface area contributed by atoms with Gasteiger partial charge in [-0.2, -0.15) is 5.10 Å². The van der Waals surface area contributed by atoms with Crippen LogP contribution in [0.3, 0.4) is 0 Å². The first-order chi connectivity index (χ1) is 15.9. The molecule has 0 aliphatic carbocycles. The van der Waals surface area contributed by atoms with E-state index in [-0.39, 0.29) is 6.61 Å². The van der Waals surface area contributed by atoms with Crippen LogP contribution in [-0.4, -0.2) is 25.1 Å². The van der Waals surface area contributed by atoms with Crippen LogP contribution in [0.4, 0.5) is 10.1 Å². The lowest BCUT2D eigenvalue weighted by atomic mass is 10.2. The minimum absolute atomic E-state index is 0.277. The Hall–Kier alpha value is -3.91. The van der Waals surface area contributed by atoms with Crippen molar-refractivity contribution in [1.29, 1.82) is 0 Å². The molecule has 2 amide bonds. The Morgan fingerprint density at radius 1 is 1.03 bits per heavy atom. The van der Waals surface area contributed by atoms with Gasteiger partial charge in [-0.15, -0.1) is 0 Å². The number of carbonyl (C=O) groups excluding carboxylic acids is 2. The Balaban J connectivity index is 1.51. The number of carbonyl (C=O) groups is 2. The van der Waals surface area contributed by atoms with Crippen molar-refractivity contribution in [3.63, 3.8) is 0 Å². The van der Waals surface area contributed by atoms with Gasteiger partial charge in [0.05, 0.1) is 13.3 Å². The van der Waals surface area contributed by atoms with Gasteiger partial charge in [0.2, 0.25) is 11.8 Å². The van der Waals surface area contributed by atoms with Crippen LogP contribution in [0, 0.1) is 5.82 Å². The summed E-state index contributed by atoms with van der Waals surface area (Å²) in [6.45, 7) is 0.277. The van der Waals surface area contributed by atoms with E-state index in [4.69, 9.17) is 21.1 Å². The van der Waals surface area contributed by atoms with Gasteiger partial charge in [0.15, 0.2) is 11.5 Å². The van der Waals surface area contributed by atoms with E-state index in [0.29, 0.717) is 27.8 Å². The number of hydrazone groups is 1. The van der Waals surface area contributed by atoms with Crippen molar-refractivity contribution in [2.75, 3.05) is 12.4 Å². The number of nitrogens with zero attached hydrogens (tertiary/aromatic N) is 1. The summed E-state index contributed by atoms with van der Waals surface area (Å²) in [6.07, 6.45) is 0.975. The van der Waals surface area contributed by atoms with E-state index in [1.54, 1.807) is 24.3 Å². The number of halogens is 2. The predicted octanol–water partition coefficient (Wildman–Crippen LogP) is 4.55. The highest BCUT2D eigenvalue weighted by molar-refractivity contribution is 6.31. The van der Waals surface area contributed by atoms with Crippen LogP contribution in [-0.2, 0) is 16.2 Å². The van der Waals surface area contributed by atoms with Crippen molar-refractivity contribution in [1.82, 2.24) is 5.43 Å². The van der Waals surface area contributed by atoms with Gasteiger partial charge >= 0.3 is 0 Å². The summed E-state index contributed by atoms with van der Waals surface area (Å²) in [5, 5.41) is 6.97. The first-order valence-electron chi connectivity index (χ1n) is 9.86. The van der Waals surface area contributed by atoms with E-state index < -0.39 is 24.1 Å². The molecular formula is C24H21ClFN3O4. The molecule has 0 aliphatic rings. The Kier molecular flexibility index (Phi) is 8.37. The van der Waals surface area contributed by atoms with E-state index in [1.165, 1.54) is 37.6 Å². The molecular weight excluding hydrogens is 449 g/mol. The van der Waals surface area contributed by atoms with Gasteiger partial charge in [-0.3, -0.25) is 9.59 Å². The molecule has 7 nitrogen and oxygen atoms in total. The van der Waals surface area contributed by atoms with E-state index in [9.17, 15) is 14.0 Å². The fourth-order valence-corrected chi connectivity index (χ4v) is 2.95. The molecule has 0 radical (unpaired) electrons. The molecule has 9 heteroatoms. The van der Waals surface area contributed by atoms with Crippen molar-refractivity contribution in [3.8, 4) is 11.5 Å². The van der Waals surface area contributed by atoms with Crippen molar-refractivity contribution < 1.29 is 23.5 Å². The van der Waals surface area contributed by atoms with Gasteiger partial charge in [-0.25, -0.2) is 9.82 Å². The lowest BCUT2D eigenvalue weighted by Crippen LogP contribution is -2.24. The fraction of sp³-hybridized carbons (Fsp3) is 0.125. The largest absolute Gasteiger partial charge is 0.493 e.